The molecule has 0 amide bonds. The van der Waals surface area contributed by atoms with E-state index in [0.717, 1.165) is 11.8 Å². The van der Waals surface area contributed by atoms with Crippen molar-refractivity contribution in [2.75, 3.05) is 41.8 Å². The highest BCUT2D eigenvalue weighted by molar-refractivity contribution is 4.97. The van der Waals surface area contributed by atoms with Crippen LogP contribution in [-0.2, 0) is 0 Å². The third-order valence-corrected chi connectivity index (χ3v) is 4.84. The van der Waals surface area contributed by atoms with Gasteiger partial charge in [-0.05, 0) is 66.8 Å². The molecule has 2 rings (SSSR count). The number of likely N-dealkylation sites (tertiary alicyclic amines) is 1. The Bertz CT molecular complexity index is 242. The van der Waals surface area contributed by atoms with Crippen LogP contribution in [0, 0.1) is 11.8 Å². The normalized spacial score (nSPS) is 34.7. The number of hydrogen-bond donors (Lipinski definition) is 0. The van der Waals surface area contributed by atoms with Gasteiger partial charge in [0.1, 0.15) is 5.79 Å². The van der Waals surface area contributed by atoms with Crippen LogP contribution in [0.25, 0.3) is 0 Å². The van der Waals surface area contributed by atoms with Crippen molar-refractivity contribution in [3.8, 4) is 0 Å². The van der Waals surface area contributed by atoms with Crippen LogP contribution in [-0.4, -0.2) is 62.3 Å². The van der Waals surface area contributed by atoms with Gasteiger partial charge in [-0.3, -0.25) is 14.7 Å². The van der Waals surface area contributed by atoms with Gasteiger partial charge in [-0.2, -0.15) is 0 Å². The minimum Gasteiger partial charge on any atom is -0.279 e. The first-order valence-corrected chi connectivity index (χ1v) is 6.55. The minimum absolute atomic E-state index is 0.130. The summed E-state index contributed by atoms with van der Waals surface area (Å²) in [5.74, 6) is 1.91. The highest BCUT2D eigenvalue weighted by Gasteiger charge is 2.50. The molecular formula is C13H27N3. The van der Waals surface area contributed by atoms with Gasteiger partial charge >= 0.3 is 0 Å². The zero-order chi connectivity index (χ0) is 11.9. The molecule has 1 aliphatic heterocycles. The van der Waals surface area contributed by atoms with Crippen LogP contribution >= 0.6 is 0 Å². The molecule has 2 fully saturated rings. The van der Waals surface area contributed by atoms with Crippen molar-refractivity contribution in [1.29, 1.82) is 0 Å². The monoisotopic (exact) mass is 225 g/mol. The lowest BCUT2D eigenvalue weighted by atomic mass is 9.95. The molecule has 94 valence electrons. The Labute approximate surface area is 100 Å². The number of nitrogens with zero attached hydrogens (tertiary/aromatic N) is 3. The average molecular weight is 225 g/mol. The van der Waals surface area contributed by atoms with Gasteiger partial charge in [0.05, 0.1) is 0 Å². The van der Waals surface area contributed by atoms with Crippen LogP contribution in [0.2, 0.25) is 0 Å². The fourth-order valence-corrected chi connectivity index (χ4v) is 4.35. The predicted molar refractivity (Wildman–Crippen MR) is 68.2 cm³/mol. The van der Waals surface area contributed by atoms with E-state index in [1.165, 1.54) is 32.2 Å². The van der Waals surface area contributed by atoms with Gasteiger partial charge in [-0.15, -0.1) is 0 Å². The standard InChI is InChI=1S/C13H27N3/c1-14(2)13(15(3)4)12-7-6-11(10-12)8-9-16(13)5/h11-12H,6-10H2,1-5H3. The van der Waals surface area contributed by atoms with Gasteiger partial charge in [-0.25, -0.2) is 0 Å². The first-order valence-electron chi connectivity index (χ1n) is 6.55. The largest absolute Gasteiger partial charge is 0.279 e. The second-order valence-electron chi connectivity index (χ2n) is 6.06. The molecule has 2 bridgehead atoms. The second-order valence-corrected chi connectivity index (χ2v) is 6.06. The second kappa shape index (κ2) is 4.28. The third kappa shape index (κ3) is 1.60. The topological polar surface area (TPSA) is 9.72 Å². The Morgan fingerprint density at radius 3 is 2.19 bits per heavy atom. The molecule has 2 aliphatic rings. The zero-order valence-corrected chi connectivity index (χ0v) is 11.5. The summed E-state index contributed by atoms with van der Waals surface area (Å²) in [5, 5.41) is 0. The molecule has 3 nitrogen and oxygen atoms in total. The van der Waals surface area contributed by atoms with Gasteiger partial charge in [0.25, 0.3) is 0 Å². The van der Waals surface area contributed by atoms with Gasteiger partial charge in [-0.1, -0.05) is 0 Å². The Kier molecular flexibility index (Phi) is 3.30. The summed E-state index contributed by atoms with van der Waals surface area (Å²) in [5.41, 5.74) is 0. The molecule has 1 aliphatic carbocycles. The van der Waals surface area contributed by atoms with Gasteiger partial charge in [0, 0.05) is 12.5 Å². The Balaban J connectivity index is 2.37. The summed E-state index contributed by atoms with van der Waals surface area (Å²) in [6, 6.07) is 0. The van der Waals surface area contributed by atoms with Crippen molar-refractivity contribution < 1.29 is 0 Å². The maximum absolute atomic E-state index is 2.57. The van der Waals surface area contributed by atoms with Crippen LogP contribution in [0.4, 0.5) is 0 Å². The van der Waals surface area contributed by atoms with E-state index in [1.807, 2.05) is 0 Å². The Morgan fingerprint density at radius 2 is 1.62 bits per heavy atom. The maximum atomic E-state index is 2.57. The smallest absolute Gasteiger partial charge is 0.132 e. The van der Waals surface area contributed by atoms with E-state index in [9.17, 15) is 0 Å². The fraction of sp³-hybridized carbons (Fsp3) is 1.00. The quantitative estimate of drug-likeness (QED) is 0.660. The van der Waals surface area contributed by atoms with E-state index < -0.39 is 0 Å². The summed E-state index contributed by atoms with van der Waals surface area (Å²) in [6.07, 6.45) is 5.64. The number of hydrogen-bond acceptors (Lipinski definition) is 3. The molecule has 0 aromatic rings. The molecule has 2 unspecified atom stereocenters. The van der Waals surface area contributed by atoms with E-state index in [0.29, 0.717) is 0 Å². The van der Waals surface area contributed by atoms with Gasteiger partial charge in [0.2, 0.25) is 0 Å². The first-order chi connectivity index (χ1) is 7.49. The molecular weight excluding hydrogens is 198 g/mol. The molecule has 0 N–H and O–H groups in total. The lowest BCUT2D eigenvalue weighted by Gasteiger charge is -2.54. The maximum Gasteiger partial charge on any atom is 0.132 e. The SMILES string of the molecule is CN(C)C1(N(C)C)C2CCC(CCN1C)C2. The average Bonchev–Trinajstić information content (AvgIpc) is 2.56. The Hall–Kier alpha value is -0.120. The lowest BCUT2D eigenvalue weighted by Crippen LogP contribution is -2.68. The van der Waals surface area contributed by atoms with Crippen molar-refractivity contribution in [2.45, 2.75) is 31.5 Å². The molecule has 1 heterocycles. The predicted octanol–water partition coefficient (Wildman–Crippen LogP) is 1.52. The highest BCUT2D eigenvalue weighted by Crippen LogP contribution is 2.46. The number of rotatable bonds is 2. The lowest BCUT2D eigenvalue weighted by molar-refractivity contribution is -0.155. The first kappa shape index (κ1) is 12.3. The van der Waals surface area contributed by atoms with Crippen molar-refractivity contribution in [1.82, 2.24) is 14.7 Å². The molecule has 0 spiro atoms. The molecule has 1 saturated carbocycles. The van der Waals surface area contributed by atoms with E-state index in [4.69, 9.17) is 0 Å². The van der Waals surface area contributed by atoms with Crippen molar-refractivity contribution in [3.05, 3.63) is 0 Å². The molecule has 2 atom stereocenters. The van der Waals surface area contributed by atoms with Crippen LogP contribution in [0.1, 0.15) is 25.7 Å². The molecule has 1 saturated heterocycles. The molecule has 0 radical (unpaired) electrons. The summed E-state index contributed by atoms with van der Waals surface area (Å²) in [7, 11) is 11.2. The number of fused-ring (bicyclic) bond motifs is 2. The van der Waals surface area contributed by atoms with E-state index in [2.05, 4.69) is 49.9 Å². The van der Waals surface area contributed by atoms with Crippen LogP contribution in [0.5, 0.6) is 0 Å². The van der Waals surface area contributed by atoms with E-state index >= 15 is 0 Å². The summed E-state index contributed by atoms with van der Waals surface area (Å²) < 4.78 is 0. The minimum atomic E-state index is 0.130. The highest BCUT2D eigenvalue weighted by atomic mass is 15.5. The van der Waals surface area contributed by atoms with Crippen molar-refractivity contribution in [2.24, 2.45) is 11.8 Å². The fourth-order valence-electron chi connectivity index (χ4n) is 4.35. The molecule has 0 aromatic heterocycles. The van der Waals surface area contributed by atoms with Gasteiger partial charge < -0.3 is 0 Å². The van der Waals surface area contributed by atoms with Crippen LogP contribution in [0.15, 0.2) is 0 Å². The zero-order valence-electron chi connectivity index (χ0n) is 11.5. The molecule has 0 aromatic carbocycles. The summed E-state index contributed by atoms with van der Waals surface area (Å²) >= 11 is 0. The van der Waals surface area contributed by atoms with Crippen molar-refractivity contribution in [3.63, 3.8) is 0 Å². The van der Waals surface area contributed by atoms with Gasteiger partial charge in [0.15, 0.2) is 0 Å². The summed E-state index contributed by atoms with van der Waals surface area (Å²) in [4.78, 5) is 7.41. The van der Waals surface area contributed by atoms with Crippen LogP contribution < -0.4 is 0 Å². The summed E-state index contributed by atoms with van der Waals surface area (Å²) in [6.45, 7) is 1.23. The molecule has 3 heteroatoms. The van der Waals surface area contributed by atoms with E-state index in [1.54, 1.807) is 0 Å². The Morgan fingerprint density at radius 1 is 1.00 bits per heavy atom. The third-order valence-electron chi connectivity index (χ3n) is 4.84. The van der Waals surface area contributed by atoms with Crippen molar-refractivity contribution >= 4 is 0 Å². The van der Waals surface area contributed by atoms with Crippen LogP contribution in [0.3, 0.4) is 0 Å². The molecule has 16 heavy (non-hydrogen) atoms. The van der Waals surface area contributed by atoms with E-state index in [-0.39, 0.29) is 5.79 Å².